The maximum Gasteiger partial charge on any atom is 0.222 e. The zero-order valence-electron chi connectivity index (χ0n) is 24.9. The molecule has 45 heavy (non-hydrogen) atoms. The first-order valence-corrected chi connectivity index (χ1v) is 17.0. The summed E-state index contributed by atoms with van der Waals surface area (Å²) in [7, 11) is 0. The predicted octanol–water partition coefficient (Wildman–Crippen LogP) is 7.97. The Hall–Kier alpha value is -3.62. The highest BCUT2D eigenvalue weighted by molar-refractivity contribution is 7.99. The quantitative estimate of drug-likeness (QED) is 0.107. The number of carbonyl (C=O) groups excluding carboxylic acids is 1. The average Bonchev–Trinajstić information content (AvgIpc) is 3.48. The van der Waals surface area contributed by atoms with Gasteiger partial charge < -0.3 is 4.90 Å². The Balaban J connectivity index is 1.06. The second-order valence-electron chi connectivity index (χ2n) is 11.1. The van der Waals surface area contributed by atoms with Gasteiger partial charge in [-0.2, -0.15) is 0 Å². The molecule has 0 unspecified atom stereocenters. The van der Waals surface area contributed by atoms with Gasteiger partial charge in [0.15, 0.2) is 5.16 Å². The van der Waals surface area contributed by atoms with Crippen LogP contribution in [0.25, 0.3) is 5.69 Å². The second-order valence-corrected chi connectivity index (χ2v) is 13.0. The minimum atomic E-state index is 0.181. The molecule has 4 aromatic carbocycles. The van der Waals surface area contributed by atoms with Crippen LogP contribution in [0.15, 0.2) is 114 Å². The summed E-state index contributed by atoms with van der Waals surface area (Å²) < 4.78 is 2.04. The lowest BCUT2D eigenvalue weighted by molar-refractivity contribution is -0.133. The first-order chi connectivity index (χ1) is 22.1. The van der Waals surface area contributed by atoms with Crippen LogP contribution in [-0.4, -0.2) is 62.4 Å². The second kappa shape index (κ2) is 15.1. The van der Waals surface area contributed by atoms with Crippen molar-refractivity contribution in [3.63, 3.8) is 0 Å². The van der Waals surface area contributed by atoms with Crippen molar-refractivity contribution >= 4 is 40.9 Å². The molecule has 1 aromatic heterocycles. The van der Waals surface area contributed by atoms with Crippen LogP contribution in [0.2, 0.25) is 10.0 Å². The Bertz CT molecular complexity index is 1650. The molecule has 6 rings (SSSR count). The SMILES string of the molecule is O=C(CCCSc1nnc(Cc2ccccc2)n1-c1ccc(Cl)c(Cl)c1)N1CCN(C(c2ccccc2)c2ccccc2)CC1. The summed E-state index contributed by atoms with van der Waals surface area (Å²) >= 11 is 14.2. The van der Waals surface area contributed by atoms with Crippen LogP contribution in [-0.2, 0) is 11.2 Å². The molecular formula is C36H35Cl2N5OS. The van der Waals surface area contributed by atoms with E-state index in [0.717, 1.165) is 60.6 Å². The first kappa shape index (κ1) is 31.4. The van der Waals surface area contributed by atoms with Gasteiger partial charge >= 0.3 is 0 Å². The first-order valence-electron chi connectivity index (χ1n) is 15.2. The van der Waals surface area contributed by atoms with Crippen LogP contribution >= 0.6 is 35.0 Å². The largest absolute Gasteiger partial charge is 0.340 e. The number of rotatable bonds is 11. The number of hydrogen-bond acceptors (Lipinski definition) is 5. The Morgan fingerprint density at radius 1 is 0.756 bits per heavy atom. The fraction of sp³-hybridized carbons (Fsp3) is 0.250. The highest BCUT2D eigenvalue weighted by Crippen LogP contribution is 2.31. The van der Waals surface area contributed by atoms with Gasteiger partial charge in [0.25, 0.3) is 0 Å². The lowest BCUT2D eigenvalue weighted by atomic mass is 9.96. The van der Waals surface area contributed by atoms with Gasteiger partial charge in [-0.25, -0.2) is 0 Å². The maximum atomic E-state index is 13.2. The van der Waals surface area contributed by atoms with Gasteiger partial charge in [-0.05, 0) is 41.3 Å². The van der Waals surface area contributed by atoms with E-state index in [2.05, 4.69) is 87.9 Å². The number of aromatic nitrogens is 3. The van der Waals surface area contributed by atoms with E-state index in [9.17, 15) is 4.79 Å². The summed E-state index contributed by atoms with van der Waals surface area (Å²) in [6.07, 6.45) is 1.89. The summed E-state index contributed by atoms with van der Waals surface area (Å²) in [5, 5.41) is 10.8. The van der Waals surface area contributed by atoms with Crippen molar-refractivity contribution in [2.45, 2.75) is 30.5 Å². The molecule has 1 saturated heterocycles. The van der Waals surface area contributed by atoms with Crippen molar-refractivity contribution in [2.75, 3.05) is 31.9 Å². The van der Waals surface area contributed by atoms with Crippen LogP contribution in [0.5, 0.6) is 0 Å². The van der Waals surface area contributed by atoms with E-state index in [1.165, 1.54) is 11.1 Å². The van der Waals surface area contributed by atoms with Crippen molar-refractivity contribution in [2.24, 2.45) is 0 Å². The Labute approximate surface area is 279 Å². The van der Waals surface area contributed by atoms with Gasteiger partial charge in [-0.15, -0.1) is 10.2 Å². The van der Waals surface area contributed by atoms with Crippen molar-refractivity contribution in [1.29, 1.82) is 0 Å². The molecule has 0 bridgehead atoms. The van der Waals surface area contributed by atoms with E-state index in [1.807, 2.05) is 39.8 Å². The van der Waals surface area contributed by atoms with Crippen LogP contribution in [0.1, 0.15) is 41.4 Å². The summed E-state index contributed by atoms with van der Waals surface area (Å²) in [5.41, 5.74) is 4.57. The molecule has 2 heterocycles. The van der Waals surface area contributed by atoms with E-state index < -0.39 is 0 Å². The summed E-state index contributed by atoms with van der Waals surface area (Å²) in [6, 6.07) is 37.2. The summed E-state index contributed by atoms with van der Waals surface area (Å²) in [6.45, 7) is 3.14. The van der Waals surface area contributed by atoms with Crippen LogP contribution in [0.4, 0.5) is 0 Å². The third kappa shape index (κ3) is 7.79. The molecule has 6 nitrogen and oxygen atoms in total. The van der Waals surface area contributed by atoms with E-state index in [4.69, 9.17) is 23.2 Å². The third-order valence-electron chi connectivity index (χ3n) is 8.10. The summed E-state index contributed by atoms with van der Waals surface area (Å²) in [4.78, 5) is 17.7. The zero-order valence-corrected chi connectivity index (χ0v) is 27.3. The fourth-order valence-electron chi connectivity index (χ4n) is 5.83. The molecular weight excluding hydrogens is 621 g/mol. The average molecular weight is 657 g/mol. The highest BCUT2D eigenvalue weighted by atomic mass is 35.5. The van der Waals surface area contributed by atoms with Gasteiger partial charge in [0.1, 0.15) is 5.82 Å². The van der Waals surface area contributed by atoms with Crippen molar-refractivity contribution < 1.29 is 4.79 Å². The van der Waals surface area contributed by atoms with E-state index in [1.54, 1.807) is 17.8 Å². The van der Waals surface area contributed by atoms with Crippen molar-refractivity contribution in [1.82, 2.24) is 24.6 Å². The molecule has 1 aliphatic rings. The molecule has 1 aliphatic heterocycles. The van der Waals surface area contributed by atoms with E-state index >= 15 is 0 Å². The minimum Gasteiger partial charge on any atom is -0.340 e. The van der Waals surface area contributed by atoms with Gasteiger partial charge in [0.05, 0.1) is 21.8 Å². The molecule has 0 saturated carbocycles. The molecule has 1 amide bonds. The van der Waals surface area contributed by atoms with E-state index in [-0.39, 0.29) is 11.9 Å². The highest BCUT2D eigenvalue weighted by Gasteiger charge is 2.28. The monoisotopic (exact) mass is 655 g/mol. The molecule has 0 atom stereocenters. The molecule has 1 fully saturated rings. The predicted molar refractivity (Wildman–Crippen MR) is 183 cm³/mol. The number of hydrogen-bond donors (Lipinski definition) is 0. The number of thioether (sulfide) groups is 1. The zero-order chi connectivity index (χ0) is 31.0. The van der Waals surface area contributed by atoms with Crippen LogP contribution in [0, 0.1) is 0 Å². The Kier molecular flexibility index (Phi) is 10.5. The van der Waals surface area contributed by atoms with Crippen molar-refractivity contribution in [3.8, 4) is 5.69 Å². The standard InChI is InChI=1S/C36H35Cl2N5OS/c37-31-19-18-30(26-32(31)38)43-33(25-27-11-4-1-5-12-27)39-40-36(43)45-24-10-17-34(44)41-20-22-42(23-21-41)35(28-13-6-2-7-14-28)29-15-8-3-9-16-29/h1-9,11-16,18-19,26,35H,10,17,20-25H2. The molecule has 0 N–H and O–H groups in total. The molecule has 5 aromatic rings. The van der Waals surface area contributed by atoms with Crippen molar-refractivity contribution in [3.05, 3.63) is 142 Å². The third-order valence-corrected chi connectivity index (χ3v) is 9.85. The van der Waals surface area contributed by atoms with Gasteiger partial charge in [-0.1, -0.05) is 126 Å². The number of piperazine rings is 1. The smallest absolute Gasteiger partial charge is 0.222 e. The van der Waals surface area contributed by atoms with Gasteiger partial charge in [-0.3, -0.25) is 14.3 Å². The normalized spacial score (nSPS) is 13.8. The number of benzene rings is 4. The van der Waals surface area contributed by atoms with Gasteiger partial charge in [0, 0.05) is 44.8 Å². The number of carbonyl (C=O) groups is 1. The Morgan fingerprint density at radius 2 is 1.38 bits per heavy atom. The molecule has 0 aliphatic carbocycles. The maximum absolute atomic E-state index is 13.2. The summed E-state index contributed by atoms with van der Waals surface area (Å²) in [5.74, 6) is 1.78. The fourth-order valence-corrected chi connectivity index (χ4v) is 7.03. The lowest BCUT2D eigenvalue weighted by Gasteiger charge is -2.40. The molecule has 0 spiro atoms. The number of amides is 1. The molecule has 9 heteroatoms. The number of nitrogens with zero attached hydrogens (tertiary/aromatic N) is 5. The topological polar surface area (TPSA) is 54.3 Å². The molecule has 230 valence electrons. The molecule has 0 radical (unpaired) electrons. The Morgan fingerprint density at radius 3 is 2.00 bits per heavy atom. The minimum absolute atomic E-state index is 0.181. The van der Waals surface area contributed by atoms with Gasteiger partial charge in [0.2, 0.25) is 5.91 Å². The van der Waals surface area contributed by atoms with Crippen LogP contribution in [0.3, 0.4) is 0 Å². The lowest BCUT2D eigenvalue weighted by Crippen LogP contribution is -2.49. The number of halogens is 2. The van der Waals surface area contributed by atoms with Crippen LogP contribution < -0.4 is 0 Å². The van der Waals surface area contributed by atoms with E-state index in [0.29, 0.717) is 22.9 Å².